The molecule has 3 nitrogen and oxygen atoms in total. The van der Waals surface area contributed by atoms with Gasteiger partial charge in [-0.1, -0.05) is 22.9 Å². The minimum atomic E-state index is -0.503. The lowest BCUT2D eigenvalue weighted by Gasteiger charge is -2.00. The molecule has 0 aliphatic carbocycles. The van der Waals surface area contributed by atoms with Crippen LogP contribution in [0.15, 0.2) is 29.8 Å². The van der Waals surface area contributed by atoms with Gasteiger partial charge in [0.05, 0.1) is 6.10 Å². The second-order valence-corrected chi connectivity index (χ2v) is 5.73. The zero-order chi connectivity index (χ0) is 14.0. The standard InChI is InChI=1S/C14H15ClNO2S/c1-9-14(10(2)17)19-8-16(9)7-13(18)11-3-5-12(15)6-4-11/h3-6,8,10,17H,7H2,1-2H3/q+1. The van der Waals surface area contributed by atoms with Crippen molar-refractivity contribution in [3.63, 3.8) is 0 Å². The van der Waals surface area contributed by atoms with Gasteiger partial charge in [0.2, 0.25) is 17.8 Å². The van der Waals surface area contributed by atoms with Crippen LogP contribution in [-0.4, -0.2) is 10.9 Å². The van der Waals surface area contributed by atoms with Crippen molar-refractivity contribution in [1.82, 2.24) is 0 Å². The molecule has 0 amide bonds. The van der Waals surface area contributed by atoms with Crippen LogP contribution in [0.5, 0.6) is 0 Å². The third-order valence-corrected chi connectivity index (χ3v) is 4.46. The number of carbonyl (C=O) groups excluding carboxylic acids is 1. The number of hydrogen-bond donors (Lipinski definition) is 1. The van der Waals surface area contributed by atoms with E-state index in [1.807, 2.05) is 17.0 Å². The first kappa shape index (κ1) is 14.2. The second kappa shape index (κ2) is 5.82. The predicted molar refractivity (Wildman–Crippen MR) is 75.7 cm³/mol. The summed E-state index contributed by atoms with van der Waals surface area (Å²) in [5, 5.41) is 10.2. The molecule has 1 N–H and O–H groups in total. The molecule has 0 bridgehead atoms. The van der Waals surface area contributed by atoms with Gasteiger partial charge >= 0.3 is 0 Å². The number of aromatic nitrogens is 1. The van der Waals surface area contributed by atoms with Gasteiger partial charge in [-0.15, -0.1) is 0 Å². The fourth-order valence-corrected chi connectivity index (χ4v) is 2.95. The monoisotopic (exact) mass is 296 g/mol. The second-order valence-electron chi connectivity index (χ2n) is 4.41. The highest BCUT2D eigenvalue weighted by Crippen LogP contribution is 2.19. The molecule has 2 aromatic rings. The van der Waals surface area contributed by atoms with E-state index in [9.17, 15) is 9.90 Å². The van der Waals surface area contributed by atoms with Gasteiger partial charge in [-0.05, 0) is 31.2 Å². The van der Waals surface area contributed by atoms with Crippen molar-refractivity contribution in [2.45, 2.75) is 26.5 Å². The molecule has 1 aromatic heterocycles. The Kier molecular flexibility index (Phi) is 4.34. The summed E-state index contributed by atoms with van der Waals surface area (Å²) < 4.78 is 1.86. The lowest BCUT2D eigenvalue weighted by Crippen LogP contribution is -2.38. The van der Waals surface area contributed by atoms with E-state index in [4.69, 9.17) is 11.6 Å². The lowest BCUT2D eigenvalue weighted by molar-refractivity contribution is -0.684. The van der Waals surface area contributed by atoms with Crippen molar-refractivity contribution in [3.05, 3.63) is 50.9 Å². The van der Waals surface area contributed by atoms with Crippen molar-refractivity contribution in [2.75, 3.05) is 0 Å². The summed E-state index contributed by atoms with van der Waals surface area (Å²) in [6.07, 6.45) is -0.503. The highest BCUT2D eigenvalue weighted by molar-refractivity contribution is 7.09. The summed E-state index contributed by atoms with van der Waals surface area (Å²) >= 11 is 7.26. The number of nitrogens with zero attached hydrogens (tertiary/aromatic N) is 1. The number of ketones is 1. The van der Waals surface area contributed by atoms with Crippen LogP contribution < -0.4 is 4.57 Å². The molecular weight excluding hydrogens is 282 g/mol. The number of aliphatic hydroxyl groups is 1. The fraction of sp³-hybridized carbons (Fsp3) is 0.286. The van der Waals surface area contributed by atoms with Crippen molar-refractivity contribution in [2.24, 2.45) is 0 Å². The highest BCUT2D eigenvalue weighted by atomic mass is 35.5. The Morgan fingerprint density at radius 1 is 1.42 bits per heavy atom. The summed E-state index contributed by atoms with van der Waals surface area (Å²) in [7, 11) is 0. The van der Waals surface area contributed by atoms with Gasteiger partial charge in [-0.2, -0.15) is 4.57 Å². The topological polar surface area (TPSA) is 41.2 Å². The van der Waals surface area contributed by atoms with Gasteiger partial charge in [-0.25, -0.2) is 0 Å². The minimum Gasteiger partial charge on any atom is -0.388 e. The fourth-order valence-electron chi connectivity index (χ4n) is 1.86. The number of rotatable bonds is 4. The molecule has 0 aliphatic rings. The molecule has 0 saturated heterocycles. The SMILES string of the molecule is Cc1c(C(C)O)sc[n+]1CC(=O)c1ccc(Cl)cc1. The van der Waals surface area contributed by atoms with Crippen molar-refractivity contribution in [3.8, 4) is 0 Å². The average Bonchev–Trinajstić information content (AvgIpc) is 2.72. The third-order valence-electron chi connectivity index (χ3n) is 2.95. The maximum absolute atomic E-state index is 12.1. The maximum atomic E-state index is 12.1. The van der Waals surface area contributed by atoms with Crippen LogP contribution in [0, 0.1) is 6.92 Å². The van der Waals surface area contributed by atoms with E-state index < -0.39 is 6.10 Å². The number of hydrogen-bond acceptors (Lipinski definition) is 3. The quantitative estimate of drug-likeness (QED) is 0.696. The van der Waals surface area contributed by atoms with E-state index in [1.165, 1.54) is 11.3 Å². The van der Waals surface area contributed by atoms with Gasteiger partial charge in [0.15, 0.2) is 5.69 Å². The first-order chi connectivity index (χ1) is 8.99. The Bertz CT molecular complexity index is 590. The Morgan fingerprint density at radius 2 is 2.05 bits per heavy atom. The normalized spacial score (nSPS) is 12.4. The van der Waals surface area contributed by atoms with Gasteiger partial charge in [-0.3, -0.25) is 4.79 Å². The van der Waals surface area contributed by atoms with E-state index in [0.717, 1.165) is 10.6 Å². The first-order valence-corrected chi connectivity index (χ1v) is 7.19. The van der Waals surface area contributed by atoms with Crippen LogP contribution in [0.4, 0.5) is 0 Å². The summed E-state index contributed by atoms with van der Waals surface area (Å²) in [6.45, 7) is 3.91. The van der Waals surface area contributed by atoms with Crippen molar-refractivity contribution >= 4 is 28.7 Å². The lowest BCUT2D eigenvalue weighted by atomic mass is 10.1. The van der Waals surface area contributed by atoms with Crippen LogP contribution >= 0.6 is 22.9 Å². The molecule has 0 saturated carbocycles. The van der Waals surface area contributed by atoms with Gasteiger partial charge in [0.1, 0.15) is 4.88 Å². The number of carbonyl (C=O) groups is 1. The smallest absolute Gasteiger partial charge is 0.227 e. The van der Waals surface area contributed by atoms with E-state index in [1.54, 1.807) is 31.2 Å². The molecule has 0 fully saturated rings. The largest absolute Gasteiger partial charge is 0.388 e. The maximum Gasteiger partial charge on any atom is 0.227 e. The molecule has 19 heavy (non-hydrogen) atoms. The zero-order valence-electron chi connectivity index (χ0n) is 10.8. The molecule has 1 unspecified atom stereocenters. The molecular formula is C14H15ClNO2S+. The molecule has 2 rings (SSSR count). The summed E-state index contributed by atoms with van der Waals surface area (Å²) in [4.78, 5) is 13.0. The molecule has 1 aromatic carbocycles. The van der Waals surface area contributed by atoms with Crippen molar-refractivity contribution < 1.29 is 14.5 Å². The average molecular weight is 297 g/mol. The molecule has 0 spiro atoms. The summed E-state index contributed by atoms with van der Waals surface area (Å²) in [5.74, 6) is 0.0275. The number of thiazole rings is 1. The van der Waals surface area contributed by atoms with Crippen LogP contribution in [0.2, 0.25) is 5.02 Å². The van der Waals surface area contributed by atoms with E-state index in [0.29, 0.717) is 10.6 Å². The first-order valence-electron chi connectivity index (χ1n) is 5.93. The molecule has 5 heteroatoms. The van der Waals surface area contributed by atoms with Gasteiger partial charge in [0, 0.05) is 17.5 Å². The van der Waals surface area contributed by atoms with Crippen LogP contribution in [0.1, 0.15) is 34.0 Å². The predicted octanol–water partition coefficient (Wildman–Crippen LogP) is 2.93. The van der Waals surface area contributed by atoms with Crippen molar-refractivity contribution in [1.29, 1.82) is 0 Å². The van der Waals surface area contributed by atoms with E-state index >= 15 is 0 Å². The van der Waals surface area contributed by atoms with Gasteiger partial charge in [0.25, 0.3) is 0 Å². The molecule has 0 aliphatic heterocycles. The Labute approximate surface area is 121 Å². The zero-order valence-corrected chi connectivity index (χ0v) is 12.3. The number of Topliss-reactive ketones (excluding diaryl/α,β-unsaturated/α-hetero) is 1. The number of aliphatic hydroxyl groups excluding tert-OH is 1. The van der Waals surface area contributed by atoms with E-state index in [2.05, 4.69) is 0 Å². The van der Waals surface area contributed by atoms with Gasteiger partial charge < -0.3 is 5.11 Å². The highest BCUT2D eigenvalue weighted by Gasteiger charge is 2.21. The van der Waals surface area contributed by atoms with Crippen LogP contribution in [-0.2, 0) is 6.54 Å². The number of halogens is 1. The molecule has 100 valence electrons. The summed E-state index contributed by atoms with van der Waals surface area (Å²) in [5.41, 5.74) is 3.44. The Balaban J connectivity index is 2.17. The molecule has 1 atom stereocenters. The molecule has 1 heterocycles. The van der Waals surface area contributed by atoms with E-state index in [-0.39, 0.29) is 12.3 Å². The molecule has 0 radical (unpaired) electrons. The Hall–Kier alpha value is -1.23. The summed E-state index contributed by atoms with van der Waals surface area (Å²) in [6, 6.07) is 6.87. The van der Waals surface area contributed by atoms with Crippen LogP contribution in [0.25, 0.3) is 0 Å². The Morgan fingerprint density at radius 3 is 2.58 bits per heavy atom. The third kappa shape index (κ3) is 3.21. The van der Waals surface area contributed by atoms with Crippen LogP contribution in [0.3, 0.4) is 0 Å². The minimum absolute atomic E-state index is 0.0275. The number of benzene rings is 1.